The van der Waals surface area contributed by atoms with Crippen LogP contribution in [0.4, 0.5) is 4.39 Å². The van der Waals surface area contributed by atoms with Gasteiger partial charge in [0, 0.05) is 12.0 Å². The predicted octanol–water partition coefficient (Wildman–Crippen LogP) is 4.15. The third-order valence-electron chi connectivity index (χ3n) is 4.18. The molecule has 0 aliphatic heterocycles. The summed E-state index contributed by atoms with van der Waals surface area (Å²) in [4.78, 5) is 12.8. The van der Waals surface area contributed by atoms with Crippen LogP contribution in [0.3, 0.4) is 0 Å². The molecule has 0 unspecified atom stereocenters. The number of carbonyl (C=O) groups excluding carboxylic acids is 1. The predicted molar refractivity (Wildman–Crippen MR) is 92.2 cm³/mol. The van der Waals surface area contributed by atoms with E-state index in [9.17, 15) is 9.18 Å². The van der Waals surface area contributed by atoms with E-state index < -0.39 is 0 Å². The Kier molecular flexibility index (Phi) is 4.43. The van der Waals surface area contributed by atoms with Gasteiger partial charge in [-0.3, -0.25) is 4.79 Å². The molecule has 24 heavy (non-hydrogen) atoms. The number of nitrogens with one attached hydrogen (secondary N) is 1. The van der Waals surface area contributed by atoms with Crippen molar-refractivity contribution < 1.29 is 9.18 Å². The van der Waals surface area contributed by atoms with Gasteiger partial charge in [0.25, 0.3) is 5.91 Å². The molecule has 0 saturated heterocycles. The minimum absolute atomic E-state index is 0.0658. The van der Waals surface area contributed by atoms with Gasteiger partial charge in [-0.25, -0.2) is 9.07 Å². The van der Waals surface area contributed by atoms with Gasteiger partial charge >= 0.3 is 0 Å². The lowest BCUT2D eigenvalue weighted by atomic mass is 10.0. The third kappa shape index (κ3) is 3.21. The molecule has 1 aromatic carbocycles. The van der Waals surface area contributed by atoms with Crippen LogP contribution in [-0.4, -0.2) is 21.7 Å². The highest BCUT2D eigenvalue weighted by Crippen LogP contribution is 2.43. The molecule has 1 N–H and O–H groups in total. The van der Waals surface area contributed by atoms with E-state index in [0.717, 1.165) is 29.9 Å². The van der Waals surface area contributed by atoms with Gasteiger partial charge in [-0.05, 0) is 56.9 Å². The summed E-state index contributed by atoms with van der Waals surface area (Å²) < 4.78 is 15.1. The molecule has 1 fully saturated rings. The molecule has 4 nitrogen and oxygen atoms in total. The Balaban J connectivity index is 2.15. The molecule has 1 heterocycles. The van der Waals surface area contributed by atoms with Crippen molar-refractivity contribution in [1.29, 1.82) is 0 Å². The second-order valence-electron chi connectivity index (χ2n) is 7.09. The first-order valence-electron chi connectivity index (χ1n) is 8.58. The summed E-state index contributed by atoms with van der Waals surface area (Å²) in [7, 11) is 0. The number of aromatic nitrogens is 2. The van der Waals surface area contributed by atoms with Gasteiger partial charge in [-0.2, -0.15) is 5.10 Å². The quantitative estimate of drug-likeness (QED) is 0.896. The Morgan fingerprint density at radius 1 is 1.21 bits per heavy atom. The monoisotopic (exact) mass is 329 g/mol. The van der Waals surface area contributed by atoms with Gasteiger partial charge < -0.3 is 5.32 Å². The summed E-state index contributed by atoms with van der Waals surface area (Å²) in [6.45, 7) is 8.02. The fraction of sp³-hybridized carbons (Fsp3) is 0.474. The van der Waals surface area contributed by atoms with Crippen LogP contribution in [0.25, 0.3) is 5.69 Å². The van der Waals surface area contributed by atoms with Crippen LogP contribution < -0.4 is 5.32 Å². The second-order valence-corrected chi connectivity index (χ2v) is 7.09. The van der Waals surface area contributed by atoms with Gasteiger partial charge in [0.2, 0.25) is 0 Å². The normalized spacial score (nSPS) is 14.5. The summed E-state index contributed by atoms with van der Waals surface area (Å²) in [5.74, 6) is 0.140. The van der Waals surface area contributed by atoms with Crippen molar-refractivity contribution in [2.45, 2.75) is 58.4 Å². The summed E-state index contributed by atoms with van der Waals surface area (Å²) in [6, 6.07) is 6.32. The first-order chi connectivity index (χ1) is 11.4. The van der Waals surface area contributed by atoms with E-state index in [1.807, 2.05) is 18.5 Å². The maximum absolute atomic E-state index is 13.3. The standard InChI is InChI=1S/C19H24FN3O/c1-11(2)18-16(19(24)21-12(3)4)17(13-5-6-13)22-23(18)15-9-7-14(20)8-10-15/h7-13H,5-6H2,1-4H3,(H,21,24). The first-order valence-corrected chi connectivity index (χ1v) is 8.58. The zero-order valence-electron chi connectivity index (χ0n) is 14.6. The highest BCUT2D eigenvalue weighted by Gasteiger charge is 2.35. The van der Waals surface area contributed by atoms with E-state index >= 15 is 0 Å². The van der Waals surface area contributed by atoms with E-state index in [4.69, 9.17) is 5.10 Å². The lowest BCUT2D eigenvalue weighted by Gasteiger charge is -2.14. The van der Waals surface area contributed by atoms with Crippen LogP contribution in [0.15, 0.2) is 24.3 Å². The third-order valence-corrected chi connectivity index (χ3v) is 4.18. The van der Waals surface area contributed by atoms with E-state index in [1.165, 1.54) is 12.1 Å². The number of hydrogen-bond acceptors (Lipinski definition) is 2. The van der Waals surface area contributed by atoms with Gasteiger partial charge in [0.15, 0.2) is 0 Å². The molecule has 0 spiro atoms. The van der Waals surface area contributed by atoms with Gasteiger partial charge in [-0.15, -0.1) is 0 Å². The van der Waals surface area contributed by atoms with Gasteiger partial charge in [0.05, 0.1) is 22.6 Å². The molecule has 1 aliphatic carbocycles. The molecule has 0 bridgehead atoms. The molecule has 1 saturated carbocycles. The van der Waals surface area contributed by atoms with Crippen LogP contribution in [-0.2, 0) is 0 Å². The molecule has 0 atom stereocenters. The molecule has 0 radical (unpaired) electrons. The Morgan fingerprint density at radius 3 is 2.33 bits per heavy atom. The highest BCUT2D eigenvalue weighted by molar-refractivity contribution is 5.97. The molecular weight excluding hydrogens is 305 g/mol. The maximum Gasteiger partial charge on any atom is 0.255 e. The first kappa shape index (κ1) is 16.7. The largest absolute Gasteiger partial charge is 0.350 e. The molecule has 3 rings (SSSR count). The van der Waals surface area contributed by atoms with Crippen LogP contribution in [0, 0.1) is 5.82 Å². The minimum Gasteiger partial charge on any atom is -0.350 e. The second kappa shape index (κ2) is 6.38. The maximum atomic E-state index is 13.3. The van der Waals surface area contributed by atoms with Crippen LogP contribution in [0.5, 0.6) is 0 Å². The Bertz CT molecular complexity index is 743. The zero-order valence-corrected chi connectivity index (χ0v) is 14.6. The van der Waals surface area contributed by atoms with E-state index in [2.05, 4.69) is 19.2 Å². The zero-order chi connectivity index (χ0) is 17.4. The number of rotatable bonds is 5. The molecule has 128 valence electrons. The van der Waals surface area contributed by atoms with Crippen molar-refractivity contribution in [3.63, 3.8) is 0 Å². The topological polar surface area (TPSA) is 46.9 Å². The lowest BCUT2D eigenvalue weighted by Crippen LogP contribution is -2.31. The summed E-state index contributed by atoms with van der Waals surface area (Å²) >= 11 is 0. The van der Waals surface area contributed by atoms with Crippen LogP contribution in [0.2, 0.25) is 0 Å². The number of amides is 1. The van der Waals surface area contributed by atoms with Gasteiger partial charge in [-0.1, -0.05) is 13.8 Å². The van der Waals surface area contributed by atoms with E-state index in [1.54, 1.807) is 12.1 Å². The van der Waals surface area contributed by atoms with Crippen molar-refractivity contribution in [3.8, 4) is 5.69 Å². The SMILES string of the molecule is CC(C)NC(=O)c1c(C2CC2)nn(-c2ccc(F)cc2)c1C(C)C. The van der Waals surface area contributed by atoms with E-state index in [-0.39, 0.29) is 23.7 Å². The molecule has 1 aromatic heterocycles. The number of halogens is 1. The Labute approximate surface area is 142 Å². The fourth-order valence-electron chi connectivity index (χ4n) is 2.97. The van der Waals surface area contributed by atoms with E-state index in [0.29, 0.717) is 11.5 Å². The average molecular weight is 329 g/mol. The smallest absolute Gasteiger partial charge is 0.255 e. The number of carbonyl (C=O) groups is 1. The summed E-state index contributed by atoms with van der Waals surface area (Å²) in [6.07, 6.45) is 2.14. The number of benzene rings is 1. The summed E-state index contributed by atoms with van der Waals surface area (Å²) in [5.41, 5.74) is 3.25. The van der Waals surface area contributed by atoms with Crippen molar-refractivity contribution in [1.82, 2.24) is 15.1 Å². The highest BCUT2D eigenvalue weighted by atomic mass is 19.1. The average Bonchev–Trinajstić information content (AvgIpc) is 3.26. The van der Waals surface area contributed by atoms with Crippen LogP contribution >= 0.6 is 0 Å². The Hall–Kier alpha value is -2.17. The Morgan fingerprint density at radius 2 is 1.83 bits per heavy atom. The van der Waals surface area contributed by atoms with Crippen molar-refractivity contribution in [3.05, 3.63) is 47.0 Å². The molecule has 1 aliphatic rings. The molecule has 1 amide bonds. The number of nitrogens with zero attached hydrogens (tertiary/aromatic N) is 2. The fourth-order valence-corrected chi connectivity index (χ4v) is 2.97. The lowest BCUT2D eigenvalue weighted by molar-refractivity contribution is 0.0940. The molecular formula is C19H24FN3O. The van der Waals surface area contributed by atoms with Crippen LogP contribution in [0.1, 0.15) is 74.1 Å². The summed E-state index contributed by atoms with van der Waals surface area (Å²) in [5, 5.41) is 7.75. The molecule has 5 heteroatoms. The number of hydrogen-bond donors (Lipinski definition) is 1. The molecule has 2 aromatic rings. The van der Waals surface area contributed by atoms with Crippen molar-refractivity contribution in [2.24, 2.45) is 0 Å². The van der Waals surface area contributed by atoms with Crippen molar-refractivity contribution >= 4 is 5.91 Å². The minimum atomic E-state index is -0.280. The van der Waals surface area contributed by atoms with Crippen molar-refractivity contribution in [2.75, 3.05) is 0 Å². The van der Waals surface area contributed by atoms with Gasteiger partial charge in [0.1, 0.15) is 5.82 Å².